The van der Waals surface area contributed by atoms with Crippen LogP contribution < -0.4 is 5.32 Å². The molecule has 1 aliphatic rings. The topological polar surface area (TPSA) is 15.3 Å². The average Bonchev–Trinajstić information content (AvgIpc) is 2.46. The van der Waals surface area contributed by atoms with Crippen LogP contribution in [0.15, 0.2) is 18.2 Å². The molecule has 0 aliphatic carbocycles. The standard InChI is InChI=1S/C17H27FN2S/c1-4-7-19-16(17-12-21-9-8-20(17)3)11-14-5-6-15(18)10-13(14)2/h5-6,10,16-17,19H,4,7-9,11-12H2,1-3H3. The summed E-state index contributed by atoms with van der Waals surface area (Å²) < 4.78 is 13.3. The minimum absolute atomic E-state index is 0.139. The lowest BCUT2D eigenvalue weighted by molar-refractivity contribution is 0.213. The number of hydrogen-bond acceptors (Lipinski definition) is 3. The molecule has 0 radical (unpaired) electrons. The van der Waals surface area contributed by atoms with Crippen LogP contribution in [0.25, 0.3) is 0 Å². The first-order valence-electron chi connectivity index (χ1n) is 7.88. The van der Waals surface area contributed by atoms with E-state index in [-0.39, 0.29) is 5.82 Å². The molecule has 2 atom stereocenters. The summed E-state index contributed by atoms with van der Waals surface area (Å²) in [5, 5.41) is 3.71. The Balaban J connectivity index is 2.11. The van der Waals surface area contributed by atoms with Crippen LogP contribution in [-0.2, 0) is 6.42 Å². The molecule has 1 saturated heterocycles. The summed E-state index contributed by atoms with van der Waals surface area (Å²) in [5.41, 5.74) is 2.32. The van der Waals surface area contributed by atoms with E-state index in [1.54, 1.807) is 12.1 Å². The lowest BCUT2D eigenvalue weighted by Crippen LogP contribution is -2.53. The van der Waals surface area contributed by atoms with Gasteiger partial charge in [-0.2, -0.15) is 11.8 Å². The first-order chi connectivity index (χ1) is 10.1. The molecule has 1 aliphatic heterocycles. The number of benzene rings is 1. The van der Waals surface area contributed by atoms with Gasteiger partial charge >= 0.3 is 0 Å². The molecule has 1 heterocycles. The van der Waals surface area contributed by atoms with E-state index in [1.165, 1.54) is 17.1 Å². The molecule has 0 amide bonds. The van der Waals surface area contributed by atoms with Crippen molar-refractivity contribution in [3.05, 3.63) is 35.1 Å². The second-order valence-electron chi connectivity index (χ2n) is 5.96. The fourth-order valence-electron chi connectivity index (χ4n) is 2.93. The van der Waals surface area contributed by atoms with Crippen LogP contribution in [0.2, 0.25) is 0 Å². The molecule has 0 bridgehead atoms. The van der Waals surface area contributed by atoms with Gasteiger partial charge in [-0.1, -0.05) is 13.0 Å². The smallest absolute Gasteiger partial charge is 0.123 e. The molecular weight excluding hydrogens is 283 g/mol. The fourth-order valence-corrected chi connectivity index (χ4v) is 4.24. The van der Waals surface area contributed by atoms with Crippen molar-refractivity contribution in [2.75, 3.05) is 31.6 Å². The Morgan fingerprint density at radius 1 is 1.48 bits per heavy atom. The number of halogens is 1. The summed E-state index contributed by atoms with van der Waals surface area (Å²) in [5.74, 6) is 2.26. The summed E-state index contributed by atoms with van der Waals surface area (Å²) in [7, 11) is 2.22. The van der Waals surface area contributed by atoms with E-state index >= 15 is 0 Å². The Kier molecular flexibility index (Phi) is 6.52. The summed E-state index contributed by atoms with van der Waals surface area (Å²) >= 11 is 2.04. The maximum Gasteiger partial charge on any atom is 0.123 e. The quantitative estimate of drug-likeness (QED) is 0.869. The van der Waals surface area contributed by atoms with Crippen LogP contribution in [0.4, 0.5) is 4.39 Å². The molecule has 0 saturated carbocycles. The molecule has 1 aromatic rings. The summed E-state index contributed by atoms with van der Waals surface area (Å²) in [6, 6.07) is 6.16. The van der Waals surface area contributed by atoms with Crippen molar-refractivity contribution >= 4 is 11.8 Å². The van der Waals surface area contributed by atoms with Crippen molar-refractivity contribution in [1.82, 2.24) is 10.2 Å². The van der Waals surface area contributed by atoms with E-state index in [4.69, 9.17) is 0 Å². The third-order valence-electron chi connectivity index (χ3n) is 4.31. The normalized spacial score (nSPS) is 21.4. The van der Waals surface area contributed by atoms with E-state index in [1.807, 2.05) is 24.8 Å². The predicted molar refractivity (Wildman–Crippen MR) is 90.7 cm³/mol. The minimum atomic E-state index is -0.139. The van der Waals surface area contributed by atoms with Crippen LogP contribution in [0, 0.1) is 12.7 Å². The van der Waals surface area contributed by atoms with E-state index in [0.717, 1.165) is 31.5 Å². The third kappa shape index (κ3) is 4.70. The maximum absolute atomic E-state index is 13.3. The molecule has 1 fully saturated rings. The number of rotatable bonds is 6. The summed E-state index contributed by atoms with van der Waals surface area (Å²) in [6.07, 6.45) is 2.12. The van der Waals surface area contributed by atoms with Gasteiger partial charge in [-0.15, -0.1) is 0 Å². The minimum Gasteiger partial charge on any atom is -0.312 e. The van der Waals surface area contributed by atoms with Crippen molar-refractivity contribution in [3.8, 4) is 0 Å². The fraction of sp³-hybridized carbons (Fsp3) is 0.647. The van der Waals surface area contributed by atoms with Gasteiger partial charge in [0.2, 0.25) is 0 Å². The van der Waals surface area contributed by atoms with E-state index < -0.39 is 0 Å². The number of nitrogens with one attached hydrogen (secondary N) is 1. The van der Waals surface area contributed by atoms with Gasteiger partial charge in [0.1, 0.15) is 5.82 Å². The van der Waals surface area contributed by atoms with E-state index in [9.17, 15) is 4.39 Å². The Labute approximate surface area is 132 Å². The first-order valence-corrected chi connectivity index (χ1v) is 9.03. The first kappa shape index (κ1) is 16.8. The molecule has 2 unspecified atom stereocenters. The van der Waals surface area contributed by atoms with Gasteiger partial charge in [-0.25, -0.2) is 4.39 Å². The Bertz CT molecular complexity index is 452. The van der Waals surface area contributed by atoms with Crippen molar-refractivity contribution in [1.29, 1.82) is 0 Å². The molecule has 2 rings (SSSR count). The van der Waals surface area contributed by atoms with Crippen LogP contribution in [0.1, 0.15) is 24.5 Å². The van der Waals surface area contributed by atoms with Gasteiger partial charge in [-0.05, 0) is 56.6 Å². The molecule has 21 heavy (non-hydrogen) atoms. The highest BCUT2D eigenvalue weighted by Crippen LogP contribution is 2.21. The van der Waals surface area contributed by atoms with Crippen LogP contribution in [0.3, 0.4) is 0 Å². The number of thioether (sulfide) groups is 1. The Hall–Kier alpha value is -0.580. The zero-order valence-corrected chi connectivity index (χ0v) is 14.2. The van der Waals surface area contributed by atoms with Crippen LogP contribution in [0.5, 0.6) is 0 Å². The van der Waals surface area contributed by atoms with Gasteiger partial charge < -0.3 is 10.2 Å². The van der Waals surface area contributed by atoms with Crippen molar-refractivity contribution in [3.63, 3.8) is 0 Å². The zero-order chi connectivity index (χ0) is 15.2. The van der Waals surface area contributed by atoms with Gasteiger partial charge in [-0.3, -0.25) is 0 Å². The zero-order valence-electron chi connectivity index (χ0n) is 13.4. The number of nitrogens with zero attached hydrogens (tertiary/aromatic N) is 1. The lowest BCUT2D eigenvalue weighted by atomic mass is 9.96. The van der Waals surface area contributed by atoms with Crippen molar-refractivity contribution in [2.45, 2.75) is 38.8 Å². The Morgan fingerprint density at radius 2 is 2.29 bits per heavy atom. The maximum atomic E-state index is 13.3. The number of aryl methyl sites for hydroxylation is 1. The Morgan fingerprint density at radius 3 is 2.95 bits per heavy atom. The summed E-state index contributed by atoms with van der Waals surface area (Å²) in [4.78, 5) is 2.47. The van der Waals surface area contributed by atoms with Crippen LogP contribution in [-0.4, -0.2) is 48.6 Å². The number of hydrogen-bond donors (Lipinski definition) is 1. The molecule has 0 spiro atoms. The van der Waals surface area contributed by atoms with Gasteiger partial charge in [0.05, 0.1) is 0 Å². The average molecular weight is 310 g/mol. The van der Waals surface area contributed by atoms with Gasteiger partial charge in [0.25, 0.3) is 0 Å². The predicted octanol–water partition coefficient (Wildman–Crippen LogP) is 3.09. The molecule has 2 nitrogen and oxygen atoms in total. The van der Waals surface area contributed by atoms with Crippen molar-refractivity contribution in [2.24, 2.45) is 0 Å². The third-order valence-corrected chi connectivity index (χ3v) is 5.36. The summed E-state index contributed by atoms with van der Waals surface area (Å²) in [6.45, 7) is 6.41. The lowest BCUT2D eigenvalue weighted by Gasteiger charge is -2.38. The molecule has 1 N–H and O–H groups in total. The highest BCUT2D eigenvalue weighted by Gasteiger charge is 2.28. The molecule has 1 aromatic carbocycles. The van der Waals surface area contributed by atoms with Crippen molar-refractivity contribution < 1.29 is 4.39 Å². The molecule has 118 valence electrons. The molecular formula is C17H27FN2S. The van der Waals surface area contributed by atoms with Gasteiger partial charge in [0, 0.05) is 30.1 Å². The van der Waals surface area contributed by atoms with E-state index in [2.05, 4.69) is 24.2 Å². The monoisotopic (exact) mass is 310 g/mol. The highest BCUT2D eigenvalue weighted by molar-refractivity contribution is 7.99. The molecule has 0 aromatic heterocycles. The second kappa shape index (κ2) is 8.16. The SMILES string of the molecule is CCCNC(Cc1ccc(F)cc1C)C1CSCCN1C. The van der Waals surface area contributed by atoms with Gasteiger partial charge in [0.15, 0.2) is 0 Å². The number of likely N-dealkylation sites (N-methyl/N-ethyl adjacent to an activating group) is 1. The largest absolute Gasteiger partial charge is 0.312 e. The van der Waals surface area contributed by atoms with E-state index in [0.29, 0.717) is 12.1 Å². The van der Waals surface area contributed by atoms with Crippen LogP contribution >= 0.6 is 11.8 Å². The molecule has 4 heteroatoms. The highest BCUT2D eigenvalue weighted by atomic mass is 32.2. The second-order valence-corrected chi connectivity index (χ2v) is 7.11.